The van der Waals surface area contributed by atoms with Gasteiger partial charge in [0.1, 0.15) is 29.4 Å². The second kappa shape index (κ2) is 11.4. The summed E-state index contributed by atoms with van der Waals surface area (Å²) in [7, 11) is -1.46. The van der Waals surface area contributed by atoms with Crippen LogP contribution in [0.4, 0.5) is 21.7 Å². The minimum atomic E-state index is -3.45. The minimum Gasteiger partial charge on any atom is -0.462 e. The van der Waals surface area contributed by atoms with E-state index in [1.807, 2.05) is 27.8 Å². The van der Waals surface area contributed by atoms with Crippen LogP contribution in [0.15, 0.2) is 35.5 Å². The highest BCUT2D eigenvalue weighted by Gasteiger charge is 2.19. The molecule has 0 atom stereocenters. The van der Waals surface area contributed by atoms with Crippen molar-refractivity contribution < 1.29 is 22.3 Å². The molecular formula is C22H32FN5O4S. The molecule has 11 heteroatoms. The highest BCUT2D eigenvalue weighted by atomic mass is 32.2. The number of benzene rings is 1. The fraction of sp³-hybridized carbons (Fsp3) is 0.500. The standard InChI is InChI=1S/C17H22FN5O2S.C5H10O2/c1-23(12-5-7-19-8-6-12)17-10-16(20-11-21-17)22-15-4-3-13(9-14(15)18)26(2,24)25;1-5(2,3)7-4-6/h3-4,9-12,19H,5-8H2,1-2H3,(H,20,21,22);4H,1-3H3. The number of nitrogens with zero attached hydrogens (tertiary/aromatic N) is 3. The maximum Gasteiger partial charge on any atom is 0.293 e. The van der Waals surface area contributed by atoms with Crippen molar-refractivity contribution in [2.24, 2.45) is 0 Å². The highest BCUT2D eigenvalue weighted by Crippen LogP contribution is 2.24. The molecule has 33 heavy (non-hydrogen) atoms. The number of ether oxygens (including phenoxy) is 1. The molecule has 0 saturated carbocycles. The number of nitrogens with one attached hydrogen (secondary N) is 2. The second-order valence-corrected chi connectivity index (χ2v) is 10.7. The molecule has 0 amide bonds. The molecule has 0 spiro atoms. The van der Waals surface area contributed by atoms with Crippen molar-refractivity contribution in [3.05, 3.63) is 36.4 Å². The summed E-state index contributed by atoms with van der Waals surface area (Å²) in [5.74, 6) is 0.546. The van der Waals surface area contributed by atoms with E-state index < -0.39 is 15.7 Å². The van der Waals surface area contributed by atoms with Crippen LogP contribution in [0.2, 0.25) is 0 Å². The Morgan fingerprint density at radius 2 is 1.88 bits per heavy atom. The Balaban J connectivity index is 0.000000479. The number of hydrogen-bond donors (Lipinski definition) is 2. The molecule has 0 unspecified atom stereocenters. The number of piperidine rings is 1. The normalized spacial score (nSPS) is 14.6. The van der Waals surface area contributed by atoms with E-state index in [0.717, 1.165) is 44.1 Å². The fourth-order valence-corrected chi connectivity index (χ4v) is 3.73. The zero-order valence-electron chi connectivity index (χ0n) is 19.6. The lowest BCUT2D eigenvalue weighted by Gasteiger charge is -2.32. The molecule has 1 saturated heterocycles. The van der Waals surface area contributed by atoms with Crippen molar-refractivity contribution in [2.75, 3.05) is 36.6 Å². The number of anilines is 3. The van der Waals surface area contributed by atoms with E-state index in [4.69, 9.17) is 0 Å². The summed E-state index contributed by atoms with van der Waals surface area (Å²) in [6.45, 7) is 7.87. The third kappa shape index (κ3) is 8.58. The number of sulfone groups is 1. The summed E-state index contributed by atoms with van der Waals surface area (Å²) < 4.78 is 41.8. The number of hydrogen-bond acceptors (Lipinski definition) is 9. The predicted octanol–water partition coefficient (Wildman–Crippen LogP) is 2.91. The first kappa shape index (κ1) is 26.5. The SMILES string of the molecule is CC(C)(C)OC=O.CN(c1cc(Nc2ccc(S(C)(=O)=O)cc2F)ncn1)C1CCNCC1. The van der Waals surface area contributed by atoms with Crippen molar-refractivity contribution in [1.29, 1.82) is 0 Å². The Morgan fingerprint density at radius 3 is 2.39 bits per heavy atom. The van der Waals surface area contributed by atoms with Crippen LogP contribution in [-0.4, -0.2) is 62.9 Å². The van der Waals surface area contributed by atoms with Crippen molar-refractivity contribution in [3.8, 4) is 0 Å². The van der Waals surface area contributed by atoms with Gasteiger partial charge in [-0.15, -0.1) is 0 Å². The number of carbonyl (C=O) groups is 1. The van der Waals surface area contributed by atoms with Crippen LogP contribution in [0, 0.1) is 5.82 Å². The Kier molecular flexibility index (Phi) is 9.12. The average molecular weight is 482 g/mol. The number of rotatable bonds is 6. The second-order valence-electron chi connectivity index (χ2n) is 8.72. The molecule has 0 bridgehead atoms. The van der Waals surface area contributed by atoms with Crippen molar-refractivity contribution >= 4 is 33.6 Å². The maximum absolute atomic E-state index is 14.2. The summed E-state index contributed by atoms with van der Waals surface area (Å²) in [6, 6.07) is 5.91. The molecule has 1 aliphatic heterocycles. The third-order valence-corrected chi connectivity index (χ3v) is 6.01. The van der Waals surface area contributed by atoms with E-state index in [2.05, 4.69) is 30.2 Å². The van der Waals surface area contributed by atoms with Gasteiger partial charge in [-0.25, -0.2) is 22.8 Å². The number of carbonyl (C=O) groups excluding carboxylic acids is 1. The van der Waals surface area contributed by atoms with Gasteiger partial charge in [-0.1, -0.05) is 0 Å². The lowest BCUT2D eigenvalue weighted by Crippen LogP contribution is -2.41. The summed E-state index contributed by atoms with van der Waals surface area (Å²) in [5, 5.41) is 6.22. The Labute approximate surface area is 194 Å². The summed E-state index contributed by atoms with van der Waals surface area (Å²) >= 11 is 0. The first-order chi connectivity index (χ1) is 15.4. The maximum atomic E-state index is 14.2. The molecular weight excluding hydrogens is 449 g/mol. The van der Waals surface area contributed by atoms with Gasteiger partial charge in [0.05, 0.1) is 10.6 Å². The molecule has 3 rings (SSSR count). The van der Waals surface area contributed by atoms with Gasteiger partial charge in [-0.2, -0.15) is 0 Å². The van der Waals surface area contributed by atoms with Crippen molar-refractivity contribution in [2.45, 2.75) is 50.2 Å². The quantitative estimate of drug-likeness (QED) is 0.601. The predicted molar refractivity (Wildman–Crippen MR) is 126 cm³/mol. The Hall–Kier alpha value is -2.79. The van der Waals surface area contributed by atoms with Gasteiger partial charge < -0.3 is 20.3 Å². The van der Waals surface area contributed by atoms with Crippen LogP contribution in [0.1, 0.15) is 33.6 Å². The smallest absolute Gasteiger partial charge is 0.293 e. The van der Waals surface area contributed by atoms with E-state index in [1.54, 1.807) is 6.07 Å². The molecule has 1 fully saturated rings. The summed E-state index contributed by atoms with van der Waals surface area (Å²) in [5.41, 5.74) is -0.159. The lowest BCUT2D eigenvalue weighted by molar-refractivity contribution is -0.138. The summed E-state index contributed by atoms with van der Waals surface area (Å²) in [6.07, 6.45) is 4.54. The first-order valence-electron chi connectivity index (χ1n) is 10.5. The molecule has 1 aromatic heterocycles. The summed E-state index contributed by atoms with van der Waals surface area (Å²) in [4.78, 5) is 20.1. The van der Waals surface area contributed by atoms with Gasteiger partial charge in [0.25, 0.3) is 6.47 Å². The van der Waals surface area contributed by atoms with E-state index in [0.29, 0.717) is 18.3 Å². The van der Waals surface area contributed by atoms with Crippen LogP contribution in [0.5, 0.6) is 0 Å². The van der Waals surface area contributed by atoms with Crippen LogP contribution in [0.3, 0.4) is 0 Å². The lowest BCUT2D eigenvalue weighted by atomic mass is 10.1. The molecule has 1 aliphatic rings. The van der Waals surface area contributed by atoms with Gasteiger partial charge in [-0.3, -0.25) is 4.79 Å². The van der Waals surface area contributed by atoms with E-state index in [-0.39, 0.29) is 16.2 Å². The molecule has 0 aliphatic carbocycles. The van der Waals surface area contributed by atoms with Crippen molar-refractivity contribution in [1.82, 2.24) is 15.3 Å². The molecule has 2 N–H and O–H groups in total. The van der Waals surface area contributed by atoms with Gasteiger partial charge in [-0.05, 0) is 64.9 Å². The zero-order valence-corrected chi connectivity index (χ0v) is 20.4. The van der Waals surface area contributed by atoms with Gasteiger partial charge in [0.2, 0.25) is 0 Å². The van der Waals surface area contributed by atoms with E-state index >= 15 is 0 Å². The van der Waals surface area contributed by atoms with Gasteiger partial charge in [0.15, 0.2) is 9.84 Å². The molecule has 1 aromatic carbocycles. The van der Waals surface area contributed by atoms with Crippen molar-refractivity contribution in [3.63, 3.8) is 0 Å². The highest BCUT2D eigenvalue weighted by molar-refractivity contribution is 7.90. The number of aromatic nitrogens is 2. The molecule has 9 nitrogen and oxygen atoms in total. The third-order valence-electron chi connectivity index (χ3n) is 4.90. The zero-order chi connectivity index (χ0) is 24.6. The monoisotopic (exact) mass is 481 g/mol. The Morgan fingerprint density at radius 1 is 1.21 bits per heavy atom. The fourth-order valence-electron chi connectivity index (χ4n) is 3.10. The number of halogens is 1. The van der Waals surface area contributed by atoms with E-state index in [1.165, 1.54) is 18.5 Å². The van der Waals surface area contributed by atoms with E-state index in [9.17, 15) is 17.6 Å². The molecule has 2 heterocycles. The van der Waals surface area contributed by atoms with Crippen LogP contribution >= 0.6 is 0 Å². The van der Waals surface area contributed by atoms with Crippen LogP contribution in [-0.2, 0) is 19.4 Å². The van der Waals surface area contributed by atoms with Crippen LogP contribution < -0.4 is 15.5 Å². The van der Waals surface area contributed by atoms with Crippen LogP contribution in [0.25, 0.3) is 0 Å². The van der Waals surface area contributed by atoms with Gasteiger partial charge >= 0.3 is 0 Å². The molecule has 0 radical (unpaired) electrons. The average Bonchev–Trinajstić information content (AvgIpc) is 2.74. The first-order valence-corrected chi connectivity index (χ1v) is 12.4. The topological polar surface area (TPSA) is 114 Å². The van der Waals surface area contributed by atoms with Gasteiger partial charge in [0, 0.05) is 25.4 Å². The minimum absolute atomic E-state index is 0.0606. The largest absolute Gasteiger partial charge is 0.462 e. The molecule has 182 valence electrons. The molecule has 2 aromatic rings. The Bertz CT molecular complexity index is 1040.